The van der Waals surface area contributed by atoms with E-state index in [-0.39, 0.29) is 17.9 Å². The van der Waals surface area contributed by atoms with Crippen molar-refractivity contribution < 1.29 is 9.63 Å². The maximum absolute atomic E-state index is 8.96. The molecule has 2 rings (SSSR count). The largest absolute Gasteiger partial charge is 0.394 e. The first-order chi connectivity index (χ1) is 8.55. The second kappa shape index (κ2) is 4.88. The van der Waals surface area contributed by atoms with E-state index in [1.807, 2.05) is 44.2 Å². The predicted octanol–water partition coefficient (Wildman–Crippen LogP) is 1.39. The van der Waals surface area contributed by atoms with E-state index in [4.69, 9.17) is 15.4 Å². The highest BCUT2D eigenvalue weighted by Gasteiger charge is 2.29. The van der Waals surface area contributed by atoms with Gasteiger partial charge in [0.15, 0.2) is 5.82 Å². The first-order valence-corrected chi connectivity index (χ1v) is 5.81. The molecule has 18 heavy (non-hydrogen) atoms. The van der Waals surface area contributed by atoms with Gasteiger partial charge in [-0.15, -0.1) is 0 Å². The molecule has 96 valence electrons. The molecule has 0 spiro atoms. The molecule has 0 radical (unpaired) electrons. The third kappa shape index (κ3) is 2.27. The van der Waals surface area contributed by atoms with Crippen molar-refractivity contribution in [2.75, 3.05) is 6.61 Å². The van der Waals surface area contributed by atoms with Gasteiger partial charge in [-0.2, -0.15) is 4.98 Å². The van der Waals surface area contributed by atoms with E-state index in [0.29, 0.717) is 5.82 Å². The highest BCUT2D eigenvalue weighted by atomic mass is 16.5. The van der Waals surface area contributed by atoms with Gasteiger partial charge < -0.3 is 15.4 Å². The van der Waals surface area contributed by atoms with Crippen molar-refractivity contribution in [3.63, 3.8) is 0 Å². The number of aliphatic hydroxyl groups is 1. The van der Waals surface area contributed by atoms with Crippen LogP contribution >= 0.6 is 0 Å². The van der Waals surface area contributed by atoms with Crippen LogP contribution in [0.3, 0.4) is 0 Å². The number of rotatable bonds is 4. The molecule has 0 aliphatic rings. The Kier molecular flexibility index (Phi) is 3.45. The minimum atomic E-state index is -0.627. The second-order valence-electron chi connectivity index (χ2n) is 4.74. The lowest BCUT2D eigenvalue weighted by molar-refractivity contribution is 0.236. The lowest BCUT2D eigenvalue weighted by atomic mass is 9.84. The lowest BCUT2D eigenvalue weighted by Gasteiger charge is -2.20. The topological polar surface area (TPSA) is 85.2 Å². The number of hydrogen-bond donors (Lipinski definition) is 2. The lowest BCUT2D eigenvalue weighted by Crippen LogP contribution is -2.21. The standard InChI is InChI=1S/C13H17N3O2/c1-13(2,9-6-4-3-5-7-9)12-15-11(18-16-12)10(14)8-17/h3-7,10,17H,8,14H2,1-2H3/t10-/m1/s1. The van der Waals surface area contributed by atoms with Crippen LogP contribution in [-0.2, 0) is 5.41 Å². The Morgan fingerprint density at radius 2 is 2.00 bits per heavy atom. The summed E-state index contributed by atoms with van der Waals surface area (Å²) in [7, 11) is 0. The molecule has 5 nitrogen and oxygen atoms in total. The van der Waals surface area contributed by atoms with Crippen LogP contribution in [0, 0.1) is 0 Å². The molecule has 0 amide bonds. The van der Waals surface area contributed by atoms with Crippen molar-refractivity contribution in [1.29, 1.82) is 0 Å². The van der Waals surface area contributed by atoms with Crippen LogP contribution in [0.5, 0.6) is 0 Å². The molecule has 0 saturated heterocycles. The summed E-state index contributed by atoms with van der Waals surface area (Å²) in [5.74, 6) is 0.823. The molecule has 1 heterocycles. The van der Waals surface area contributed by atoms with E-state index < -0.39 is 6.04 Å². The fourth-order valence-corrected chi connectivity index (χ4v) is 1.70. The molecule has 0 saturated carbocycles. The third-order valence-corrected chi connectivity index (χ3v) is 3.01. The number of aromatic nitrogens is 2. The van der Waals surface area contributed by atoms with Gasteiger partial charge in [0.05, 0.1) is 12.0 Å². The molecular weight excluding hydrogens is 230 g/mol. The minimum absolute atomic E-state index is 0.215. The Morgan fingerprint density at radius 3 is 2.61 bits per heavy atom. The number of aliphatic hydroxyl groups excluding tert-OH is 1. The zero-order valence-electron chi connectivity index (χ0n) is 10.5. The monoisotopic (exact) mass is 247 g/mol. The summed E-state index contributed by atoms with van der Waals surface area (Å²) < 4.78 is 5.08. The van der Waals surface area contributed by atoms with Crippen LogP contribution in [0.1, 0.15) is 37.2 Å². The smallest absolute Gasteiger partial charge is 0.245 e. The fraction of sp³-hybridized carbons (Fsp3) is 0.385. The van der Waals surface area contributed by atoms with Gasteiger partial charge in [-0.25, -0.2) is 0 Å². The number of nitrogens with zero attached hydrogens (tertiary/aromatic N) is 2. The molecule has 0 aliphatic carbocycles. The van der Waals surface area contributed by atoms with Crippen LogP contribution in [0.15, 0.2) is 34.9 Å². The van der Waals surface area contributed by atoms with Crippen molar-refractivity contribution >= 4 is 0 Å². The van der Waals surface area contributed by atoms with E-state index in [1.165, 1.54) is 0 Å². The van der Waals surface area contributed by atoms with Gasteiger partial charge in [0.1, 0.15) is 6.04 Å². The molecular formula is C13H17N3O2. The average molecular weight is 247 g/mol. The summed E-state index contributed by atoms with van der Waals surface area (Å²) in [5, 5.41) is 12.9. The Bertz CT molecular complexity index is 508. The molecule has 5 heteroatoms. The molecule has 0 aliphatic heterocycles. The fourth-order valence-electron chi connectivity index (χ4n) is 1.70. The van der Waals surface area contributed by atoms with Crippen molar-refractivity contribution in [2.24, 2.45) is 5.73 Å². The van der Waals surface area contributed by atoms with Crippen LogP contribution in [0.4, 0.5) is 0 Å². The normalized spacial score (nSPS) is 13.6. The van der Waals surface area contributed by atoms with Gasteiger partial charge in [0.2, 0.25) is 5.89 Å². The summed E-state index contributed by atoms with van der Waals surface area (Å²) in [6.07, 6.45) is 0. The summed E-state index contributed by atoms with van der Waals surface area (Å²) >= 11 is 0. The van der Waals surface area contributed by atoms with Crippen LogP contribution in [-0.4, -0.2) is 21.9 Å². The molecule has 0 unspecified atom stereocenters. The summed E-state index contributed by atoms with van der Waals surface area (Å²) in [4.78, 5) is 4.27. The van der Waals surface area contributed by atoms with Crippen molar-refractivity contribution in [1.82, 2.24) is 10.1 Å². The van der Waals surface area contributed by atoms with E-state index in [1.54, 1.807) is 0 Å². The maximum atomic E-state index is 8.96. The minimum Gasteiger partial charge on any atom is -0.394 e. The number of benzene rings is 1. The molecule has 0 fully saturated rings. The highest BCUT2D eigenvalue weighted by molar-refractivity contribution is 5.30. The summed E-state index contributed by atoms with van der Waals surface area (Å²) in [5.41, 5.74) is 6.37. The van der Waals surface area contributed by atoms with Gasteiger partial charge in [-0.05, 0) is 19.4 Å². The third-order valence-electron chi connectivity index (χ3n) is 3.01. The van der Waals surface area contributed by atoms with E-state index >= 15 is 0 Å². The molecule has 2 aromatic rings. The van der Waals surface area contributed by atoms with Crippen LogP contribution < -0.4 is 5.73 Å². The molecule has 0 bridgehead atoms. The van der Waals surface area contributed by atoms with E-state index in [9.17, 15) is 0 Å². The zero-order chi connectivity index (χ0) is 13.2. The Morgan fingerprint density at radius 1 is 1.33 bits per heavy atom. The predicted molar refractivity (Wildman–Crippen MR) is 66.9 cm³/mol. The van der Waals surface area contributed by atoms with Crippen LogP contribution in [0.25, 0.3) is 0 Å². The quantitative estimate of drug-likeness (QED) is 0.852. The number of nitrogens with two attached hydrogens (primary N) is 1. The number of hydrogen-bond acceptors (Lipinski definition) is 5. The Balaban J connectivity index is 2.33. The molecule has 3 N–H and O–H groups in total. The maximum Gasteiger partial charge on any atom is 0.245 e. The Hall–Kier alpha value is -1.72. The van der Waals surface area contributed by atoms with Crippen LogP contribution in [0.2, 0.25) is 0 Å². The Labute approximate surface area is 106 Å². The SMILES string of the molecule is CC(C)(c1ccccc1)c1noc([C@H](N)CO)n1. The first kappa shape index (κ1) is 12.7. The van der Waals surface area contributed by atoms with Crippen molar-refractivity contribution in [3.05, 3.63) is 47.6 Å². The van der Waals surface area contributed by atoms with E-state index in [0.717, 1.165) is 5.56 Å². The van der Waals surface area contributed by atoms with Crippen molar-refractivity contribution in [2.45, 2.75) is 25.3 Å². The molecule has 1 aromatic carbocycles. The van der Waals surface area contributed by atoms with Gasteiger partial charge in [0.25, 0.3) is 0 Å². The highest BCUT2D eigenvalue weighted by Crippen LogP contribution is 2.29. The molecule has 1 atom stereocenters. The van der Waals surface area contributed by atoms with Gasteiger partial charge in [-0.3, -0.25) is 0 Å². The van der Waals surface area contributed by atoms with Crippen molar-refractivity contribution in [3.8, 4) is 0 Å². The average Bonchev–Trinajstić information content (AvgIpc) is 2.89. The van der Waals surface area contributed by atoms with Gasteiger partial charge >= 0.3 is 0 Å². The van der Waals surface area contributed by atoms with Gasteiger partial charge in [-0.1, -0.05) is 35.5 Å². The summed E-state index contributed by atoms with van der Waals surface area (Å²) in [6, 6.07) is 9.31. The first-order valence-electron chi connectivity index (χ1n) is 5.81. The second-order valence-corrected chi connectivity index (χ2v) is 4.74. The van der Waals surface area contributed by atoms with E-state index in [2.05, 4.69) is 10.1 Å². The summed E-state index contributed by atoms with van der Waals surface area (Å²) in [6.45, 7) is 3.82. The van der Waals surface area contributed by atoms with Gasteiger partial charge in [0, 0.05) is 0 Å². The zero-order valence-corrected chi connectivity index (χ0v) is 10.5. The molecule has 1 aromatic heterocycles.